The molecule has 0 amide bonds. The maximum Gasteiger partial charge on any atom is 0.417 e. The molecule has 2 aromatic carbocycles. The first-order valence-corrected chi connectivity index (χ1v) is 11.1. The minimum Gasteiger partial charge on any atom is -0.497 e. The van der Waals surface area contributed by atoms with Gasteiger partial charge < -0.3 is 14.9 Å². The molecule has 32 heavy (non-hydrogen) atoms. The summed E-state index contributed by atoms with van der Waals surface area (Å²) >= 11 is 1.28. The Morgan fingerprint density at radius 1 is 0.906 bits per heavy atom. The quantitative estimate of drug-likeness (QED) is 0.510. The SMILES string of the molecule is COc1ccc(-c2nc(C3(O)CCC(O)(C(F)(F)F)CC3)sc2-c2ccc(C)cc2)cc1. The van der Waals surface area contributed by atoms with E-state index in [4.69, 9.17) is 9.72 Å². The minimum atomic E-state index is -4.72. The van der Waals surface area contributed by atoms with Crippen molar-refractivity contribution in [2.24, 2.45) is 0 Å². The van der Waals surface area contributed by atoms with Crippen molar-refractivity contribution in [3.63, 3.8) is 0 Å². The van der Waals surface area contributed by atoms with E-state index in [0.29, 0.717) is 16.5 Å². The molecule has 1 aliphatic rings. The number of benzene rings is 2. The zero-order valence-corrected chi connectivity index (χ0v) is 18.6. The zero-order chi connectivity index (χ0) is 23.1. The van der Waals surface area contributed by atoms with E-state index >= 15 is 0 Å². The molecule has 170 valence electrons. The highest BCUT2D eigenvalue weighted by molar-refractivity contribution is 7.15. The van der Waals surface area contributed by atoms with Gasteiger partial charge in [-0.3, -0.25) is 0 Å². The number of aromatic nitrogens is 1. The summed E-state index contributed by atoms with van der Waals surface area (Å²) in [5.74, 6) is 0.693. The number of nitrogens with zero attached hydrogens (tertiary/aromatic N) is 1. The van der Waals surface area contributed by atoms with Crippen LogP contribution in [0, 0.1) is 6.92 Å². The van der Waals surface area contributed by atoms with Crippen molar-refractivity contribution in [2.45, 2.75) is 50.0 Å². The Bertz CT molecular complexity index is 1080. The fraction of sp³-hybridized carbons (Fsp3) is 0.375. The first-order chi connectivity index (χ1) is 15.0. The van der Waals surface area contributed by atoms with Gasteiger partial charge in [0, 0.05) is 5.56 Å². The van der Waals surface area contributed by atoms with Crippen LogP contribution >= 0.6 is 11.3 Å². The molecule has 1 fully saturated rings. The largest absolute Gasteiger partial charge is 0.497 e. The Labute approximate surface area is 188 Å². The summed E-state index contributed by atoms with van der Waals surface area (Å²) in [5, 5.41) is 21.6. The van der Waals surface area contributed by atoms with E-state index in [0.717, 1.165) is 21.6 Å². The highest BCUT2D eigenvalue weighted by atomic mass is 32.1. The van der Waals surface area contributed by atoms with Crippen molar-refractivity contribution in [3.05, 3.63) is 59.1 Å². The summed E-state index contributed by atoms with van der Waals surface area (Å²) in [6.07, 6.45) is -6.29. The third kappa shape index (κ3) is 4.14. The van der Waals surface area contributed by atoms with E-state index in [1.165, 1.54) is 11.3 Å². The predicted octanol–water partition coefficient (Wildman–Crippen LogP) is 5.85. The average molecular weight is 464 g/mol. The number of ether oxygens (including phenoxy) is 1. The normalized spacial score (nSPS) is 23.8. The molecule has 0 atom stereocenters. The lowest BCUT2D eigenvalue weighted by atomic mass is 9.76. The number of aryl methyl sites for hydroxylation is 1. The van der Waals surface area contributed by atoms with Gasteiger partial charge in [0.05, 0.1) is 17.7 Å². The van der Waals surface area contributed by atoms with E-state index in [1.807, 2.05) is 55.5 Å². The molecule has 0 saturated heterocycles. The Kier molecular flexibility index (Phi) is 5.81. The van der Waals surface area contributed by atoms with E-state index in [2.05, 4.69) is 0 Å². The van der Waals surface area contributed by atoms with Gasteiger partial charge in [0.15, 0.2) is 5.60 Å². The monoisotopic (exact) mass is 463 g/mol. The van der Waals surface area contributed by atoms with Gasteiger partial charge >= 0.3 is 6.18 Å². The number of halogens is 3. The topological polar surface area (TPSA) is 62.6 Å². The van der Waals surface area contributed by atoms with Gasteiger partial charge in [-0.2, -0.15) is 13.2 Å². The third-order valence-electron chi connectivity index (χ3n) is 6.13. The van der Waals surface area contributed by atoms with Crippen molar-refractivity contribution >= 4 is 11.3 Å². The molecule has 0 bridgehead atoms. The lowest BCUT2D eigenvalue weighted by molar-refractivity contribution is -0.279. The first-order valence-electron chi connectivity index (χ1n) is 10.3. The fourth-order valence-electron chi connectivity index (χ4n) is 3.94. The first kappa shape index (κ1) is 22.8. The molecule has 0 radical (unpaired) electrons. The van der Waals surface area contributed by atoms with Crippen LogP contribution in [0.2, 0.25) is 0 Å². The predicted molar refractivity (Wildman–Crippen MR) is 118 cm³/mol. The molecule has 1 aromatic heterocycles. The number of methoxy groups -OCH3 is 1. The molecule has 0 spiro atoms. The molecule has 0 unspecified atom stereocenters. The molecular formula is C24H24F3NO3S. The van der Waals surface area contributed by atoms with Crippen LogP contribution in [0.1, 0.15) is 36.3 Å². The van der Waals surface area contributed by atoms with Gasteiger partial charge in [0.1, 0.15) is 16.4 Å². The number of alkyl halides is 3. The van der Waals surface area contributed by atoms with Gasteiger partial charge in [0.2, 0.25) is 0 Å². The van der Waals surface area contributed by atoms with E-state index in [9.17, 15) is 23.4 Å². The molecule has 2 N–H and O–H groups in total. The maximum atomic E-state index is 13.2. The van der Waals surface area contributed by atoms with Crippen LogP contribution in [0.4, 0.5) is 13.2 Å². The summed E-state index contributed by atoms with van der Waals surface area (Å²) in [5.41, 5.74) is -0.809. The fourth-order valence-corrected chi connectivity index (χ4v) is 5.18. The van der Waals surface area contributed by atoms with Crippen LogP contribution in [-0.4, -0.2) is 34.1 Å². The lowest BCUT2D eigenvalue weighted by Gasteiger charge is -2.40. The van der Waals surface area contributed by atoms with Crippen LogP contribution < -0.4 is 4.74 Å². The number of rotatable bonds is 4. The highest BCUT2D eigenvalue weighted by Crippen LogP contribution is 2.50. The van der Waals surface area contributed by atoms with Crippen LogP contribution in [-0.2, 0) is 5.60 Å². The Hall–Kier alpha value is -2.42. The van der Waals surface area contributed by atoms with E-state index < -0.39 is 30.2 Å². The van der Waals surface area contributed by atoms with Crippen LogP contribution in [0.15, 0.2) is 48.5 Å². The molecule has 3 aromatic rings. The van der Waals surface area contributed by atoms with Gasteiger partial charge in [-0.25, -0.2) is 4.98 Å². The summed E-state index contributed by atoms with van der Waals surface area (Å²) in [7, 11) is 1.58. The maximum absolute atomic E-state index is 13.2. The second-order valence-corrected chi connectivity index (χ2v) is 9.35. The summed E-state index contributed by atoms with van der Waals surface area (Å²) in [6, 6.07) is 15.2. The van der Waals surface area contributed by atoms with Gasteiger partial charge in [0.25, 0.3) is 0 Å². The number of aliphatic hydroxyl groups is 2. The molecule has 1 heterocycles. The van der Waals surface area contributed by atoms with Crippen molar-refractivity contribution in [1.82, 2.24) is 4.98 Å². The number of hydrogen-bond acceptors (Lipinski definition) is 5. The smallest absolute Gasteiger partial charge is 0.417 e. The lowest BCUT2D eigenvalue weighted by Crippen LogP contribution is -2.50. The number of thiazole rings is 1. The molecule has 4 rings (SSSR count). The van der Waals surface area contributed by atoms with Gasteiger partial charge in [-0.1, -0.05) is 29.8 Å². The number of hydrogen-bond donors (Lipinski definition) is 2. The molecular weight excluding hydrogens is 439 g/mol. The molecule has 1 aliphatic carbocycles. The Morgan fingerprint density at radius 3 is 2.00 bits per heavy atom. The summed E-state index contributed by atoms with van der Waals surface area (Å²) in [6.45, 7) is 1.98. The summed E-state index contributed by atoms with van der Waals surface area (Å²) in [4.78, 5) is 5.53. The van der Waals surface area contributed by atoms with Crippen molar-refractivity contribution in [1.29, 1.82) is 0 Å². The Balaban J connectivity index is 1.74. The second kappa shape index (κ2) is 8.17. The van der Waals surface area contributed by atoms with Crippen molar-refractivity contribution < 1.29 is 28.1 Å². The summed E-state index contributed by atoms with van der Waals surface area (Å²) < 4.78 is 44.9. The average Bonchev–Trinajstić information content (AvgIpc) is 3.22. The standard InChI is InChI=1S/C24H24F3NO3S/c1-15-3-5-17(6-4-15)20-19(16-7-9-18(31-2)10-8-16)28-21(32-20)22(29)11-13-23(30,14-12-22)24(25,26)27/h3-10,29-30H,11-14H2,1-2H3. The van der Waals surface area contributed by atoms with Crippen LogP contribution in [0.3, 0.4) is 0 Å². The van der Waals surface area contributed by atoms with E-state index in [1.54, 1.807) is 7.11 Å². The zero-order valence-electron chi connectivity index (χ0n) is 17.7. The van der Waals surface area contributed by atoms with Crippen LogP contribution in [0.25, 0.3) is 21.7 Å². The Morgan fingerprint density at radius 2 is 1.47 bits per heavy atom. The highest BCUT2D eigenvalue weighted by Gasteiger charge is 2.57. The second-order valence-electron chi connectivity index (χ2n) is 8.35. The van der Waals surface area contributed by atoms with Crippen LogP contribution in [0.5, 0.6) is 5.75 Å². The molecule has 4 nitrogen and oxygen atoms in total. The van der Waals surface area contributed by atoms with Crippen molar-refractivity contribution in [3.8, 4) is 27.4 Å². The molecule has 0 aliphatic heterocycles. The minimum absolute atomic E-state index is 0.216. The van der Waals surface area contributed by atoms with Crippen molar-refractivity contribution in [2.75, 3.05) is 7.11 Å². The molecule has 8 heteroatoms. The third-order valence-corrected chi connectivity index (χ3v) is 7.43. The van der Waals surface area contributed by atoms with E-state index in [-0.39, 0.29) is 12.8 Å². The molecule has 1 saturated carbocycles. The van der Waals surface area contributed by atoms with Gasteiger partial charge in [-0.15, -0.1) is 11.3 Å². The van der Waals surface area contributed by atoms with Gasteiger partial charge in [-0.05, 0) is 62.4 Å².